The minimum Gasteiger partial charge on any atom is -0.351 e. The van der Waals surface area contributed by atoms with E-state index < -0.39 is 0 Å². The van der Waals surface area contributed by atoms with Crippen LogP contribution < -0.4 is 10.9 Å². The second-order valence-electron chi connectivity index (χ2n) is 5.56. The predicted molar refractivity (Wildman–Crippen MR) is 96.8 cm³/mol. The van der Waals surface area contributed by atoms with Crippen LogP contribution in [0.15, 0.2) is 41.5 Å². The van der Waals surface area contributed by atoms with Crippen LogP contribution >= 0.6 is 11.3 Å². The Morgan fingerprint density at radius 1 is 1.29 bits per heavy atom. The maximum absolute atomic E-state index is 12.5. The summed E-state index contributed by atoms with van der Waals surface area (Å²) in [4.78, 5) is 30.4. The van der Waals surface area contributed by atoms with Gasteiger partial charge in [0.05, 0.1) is 16.6 Å². The molecular formula is C18H19N3O2S. The number of aromatic nitrogens is 2. The summed E-state index contributed by atoms with van der Waals surface area (Å²) in [6, 6.07) is 10.0. The number of fused-ring (bicyclic) bond motifs is 1. The van der Waals surface area contributed by atoms with Crippen molar-refractivity contribution in [1.29, 1.82) is 0 Å². The minimum atomic E-state index is -0.145. The Hall–Kier alpha value is -2.47. The molecule has 5 nitrogen and oxygen atoms in total. The van der Waals surface area contributed by atoms with Gasteiger partial charge in [-0.2, -0.15) is 0 Å². The number of hydrogen-bond donors (Lipinski definition) is 1. The van der Waals surface area contributed by atoms with E-state index in [0.717, 1.165) is 6.42 Å². The summed E-state index contributed by atoms with van der Waals surface area (Å²) in [5.41, 5.74) is 1.81. The largest absolute Gasteiger partial charge is 0.351 e. The topological polar surface area (TPSA) is 64.0 Å². The number of nitrogens with zero attached hydrogens (tertiary/aromatic N) is 2. The maximum atomic E-state index is 12.5. The van der Waals surface area contributed by atoms with E-state index in [1.165, 1.54) is 23.2 Å². The Balaban J connectivity index is 1.79. The van der Waals surface area contributed by atoms with Crippen molar-refractivity contribution < 1.29 is 4.79 Å². The third-order valence-electron chi connectivity index (χ3n) is 4.01. The van der Waals surface area contributed by atoms with Gasteiger partial charge in [0.25, 0.3) is 11.5 Å². The van der Waals surface area contributed by atoms with Crippen LogP contribution in [0.4, 0.5) is 0 Å². The van der Waals surface area contributed by atoms with Gasteiger partial charge >= 0.3 is 0 Å². The molecule has 124 valence electrons. The molecule has 0 bridgehead atoms. The second-order valence-corrected chi connectivity index (χ2v) is 6.56. The van der Waals surface area contributed by atoms with Gasteiger partial charge in [-0.1, -0.05) is 30.3 Å². The van der Waals surface area contributed by atoms with Crippen LogP contribution in [-0.4, -0.2) is 22.0 Å². The first kappa shape index (κ1) is 16.4. The van der Waals surface area contributed by atoms with E-state index in [9.17, 15) is 9.59 Å². The number of rotatable bonds is 5. The molecule has 0 spiro atoms. The molecule has 2 aromatic heterocycles. The summed E-state index contributed by atoms with van der Waals surface area (Å²) in [7, 11) is 0. The predicted octanol–water partition coefficient (Wildman–Crippen LogP) is 2.76. The van der Waals surface area contributed by atoms with Gasteiger partial charge in [0, 0.05) is 13.1 Å². The van der Waals surface area contributed by atoms with Crippen molar-refractivity contribution in [2.24, 2.45) is 0 Å². The molecule has 0 fully saturated rings. The van der Waals surface area contributed by atoms with Crippen molar-refractivity contribution in [3.8, 4) is 0 Å². The number of aryl methyl sites for hydroxylation is 2. The lowest BCUT2D eigenvalue weighted by Crippen LogP contribution is -2.25. The number of hydrogen-bond acceptors (Lipinski definition) is 4. The fraction of sp³-hybridized carbons (Fsp3) is 0.278. The lowest BCUT2D eigenvalue weighted by atomic mass is 10.1. The zero-order chi connectivity index (χ0) is 17.1. The quantitative estimate of drug-likeness (QED) is 0.776. The van der Waals surface area contributed by atoms with Gasteiger partial charge in [-0.25, -0.2) is 4.98 Å². The highest BCUT2D eigenvalue weighted by atomic mass is 32.1. The van der Waals surface area contributed by atoms with Gasteiger partial charge in [-0.3, -0.25) is 14.2 Å². The summed E-state index contributed by atoms with van der Waals surface area (Å²) >= 11 is 1.28. The zero-order valence-corrected chi connectivity index (χ0v) is 14.5. The average molecular weight is 341 g/mol. The molecule has 1 amide bonds. The zero-order valence-electron chi connectivity index (χ0n) is 13.7. The summed E-state index contributed by atoms with van der Waals surface area (Å²) in [5, 5.41) is 3.49. The van der Waals surface area contributed by atoms with Crippen LogP contribution in [0, 0.1) is 6.92 Å². The van der Waals surface area contributed by atoms with Crippen molar-refractivity contribution in [2.45, 2.75) is 26.8 Å². The van der Waals surface area contributed by atoms with E-state index in [0.29, 0.717) is 33.7 Å². The maximum Gasteiger partial charge on any atom is 0.262 e. The van der Waals surface area contributed by atoms with Crippen LogP contribution in [0.25, 0.3) is 10.2 Å². The van der Waals surface area contributed by atoms with Crippen molar-refractivity contribution >= 4 is 27.5 Å². The summed E-state index contributed by atoms with van der Waals surface area (Å²) < 4.78 is 1.55. The highest BCUT2D eigenvalue weighted by Crippen LogP contribution is 2.26. The SMILES string of the molecule is CCn1cnc2sc(C(=O)NCCc3ccccc3)c(C)c2c1=O. The van der Waals surface area contributed by atoms with Crippen molar-refractivity contribution in [1.82, 2.24) is 14.9 Å². The molecule has 1 aromatic carbocycles. The van der Waals surface area contributed by atoms with Gasteiger partial charge in [0.1, 0.15) is 4.83 Å². The standard InChI is InChI=1S/C18H19N3O2S/c1-3-21-11-20-17-14(18(21)23)12(2)15(24-17)16(22)19-10-9-13-7-5-4-6-8-13/h4-8,11H,3,9-10H2,1-2H3,(H,19,22). The molecular weight excluding hydrogens is 322 g/mol. The molecule has 6 heteroatoms. The number of thiophene rings is 1. The molecule has 0 aliphatic rings. The number of carbonyl (C=O) groups is 1. The van der Waals surface area contributed by atoms with E-state index in [4.69, 9.17) is 0 Å². The highest BCUT2D eigenvalue weighted by molar-refractivity contribution is 7.20. The minimum absolute atomic E-state index is 0.0837. The van der Waals surface area contributed by atoms with Crippen LogP contribution in [-0.2, 0) is 13.0 Å². The Morgan fingerprint density at radius 3 is 2.75 bits per heavy atom. The third-order valence-corrected chi connectivity index (χ3v) is 5.20. The first-order valence-corrected chi connectivity index (χ1v) is 8.74. The molecule has 0 aliphatic heterocycles. The number of carbonyl (C=O) groups excluding carboxylic acids is 1. The number of amides is 1. The Labute approximate surface area is 144 Å². The summed E-state index contributed by atoms with van der Waals surface area (Å²) in [6.45, 7) is 4.83. The molecule has 0 radical (unpaired) electrons. The van der Waals surface area contributed by atoms with Crippen LogP contribution in [0.3, 0.4) is 0 Å². The van der Waals surface area contributed by atoms with Crippen molar-refractivity contribution in [3.63, 3.8) is 0 Å². The fourth-order valence-corrected chi connectivity index (χ4v) is 3.70. The van der Waals surface area contributed by atoms with Gasteiger partial charge in [-0.05, 0) is 31.4 Å². The van der Waals surface area contributed by atoms with Crippen LogP contribution in [0.2, 0.25) is 0 Å². The Morgan fingerprint density at radius 2 is 2.04 bits per heavy atom. The molecule has 0 atom stereocenters. The highest BCUT2D eigenvalue weighted by Gasteiger charge is 2.18. The Kier molecular flexibility index (Phi) is 4.76. The first-order valence-electron chi connectivity index (χ1n) is 7.92. The van der Waals surface area contributed by atoms with Gasteiger partial charge in [0.15, 0.2) is 0 Å². The van der Waals surface area contributed by atoms with Crippen LogP contribution in [0.5, 0.6) is 0 Å². The Bertz CT molecular complexity index is 929. The van der Waals surface area contributed by atoms with E-state index in [-0.39, 0.29) is 11.5 Å². The molecule has 24 heavy (non-hydrogen) atoms. The number of benzene rings is 1. The lowest BCUT2D eigenvalue weighted by molar-refractivity contribution is 0.0957. The average Bonchev–Trinajstić information content (AvgIpc) is 2.94. The summed E-state index contributed by atoms with van der Waals surface area (Å²) in [5.74, 6) is -0.145. The van der Waals surface area contributed by atoms with Crippen LogP contribution in [0.1, 0.15) is 27.7 Å². The molecule has 3 aromatic rings. The normalized spacial score (nSPS) is 10.9. The molecule has 0 saturated heterocycles. The fourth-order valence-electron chi connectivity index (χ4n) is 2.65. The monoisotopic (exact) mass is 341 g/mol. The van der Waals surface area contributed by atoms with Crippen molar-refractivity contribution in [2.75, 3.05) is 6.54 Å². The summed E-state index contributed by atoms with van der Waals surface area (Å²) in [6.07, 6.45) is 2.31. The van der Waals surface area contributed by atoms with E-state index in [1.807, 2.05) is 44.2 Å². The van der Waals surface area contributed by atoms with Gasteiger partial charge < -0.3 is 5.32 Å². The second kappa shape index (κ2) is 6.97. The molecule has 2 heterocycles. The number of nitrogens with one attached hydrogen (secondary N) is 1. The van der Waals surface area contributed by atoms with E-state index >= 15 is 0 Å². The first-order chi connectivity index (χ1) is 11.6. The van der Waals surface area contributed by atoms with Gasteiger partial charge in [-0.15, -0.1) is 11.3 Å². The lowest BCUT2D eigenvalue weighted by Gasteiger charge is -2.04. The van der Waals surface area contributed by atoms with Gasteiger partial charge in [0.2, 0.25) is 0 Å². The molecule has 0 saturated carbocycles. The van der Waals surface area contributed by atoms with Crippen molar-refractivity contribution in [3.05, 3.63) is 63.0 Å². The molecule has 3 rings (SSSR count). The third kappa shape index (κ3) is 3.10. The molecule has 1 N–H and O–H groups in total. The van der Waals surface area contributed by atoms with E-state index in [2.05, 4.69) is 10.3 Å². The molecule has 0 unspecified atom stereocenters. The smallest absolute Gasteiger partial charge is 0.262 e. The van der Waals surface area contributed by atoms with E-state index in [1.54, 1.807) is 4.57 Å². The molecule has 0 aliphatic carbocycles.